The molecule has 0 aromatic heterocycles. The average Bonchev–Trinajstić information content (AvgIpc) is 3.35. The fourth-order valence-electron chi connectivity index (χ4n) is 5.45. The molecule has 1 aliphatic carbocycles. The van der Waals surface area contributed by atoms with Gasteiger partial charge in [0.15, 0.2) is 0 Å². The van der Waals surface area contributed by atoms with E-state index in [1.54, 1.807) is 4.90 Å². The zero-order valence-electron chi connectivity index (χ0n) is 20.4. The van der Waals surface area contributed by atoms with Gasteiger partial charge in [0.25, 0.3) is 0 Å². The Bertz CT molecular complexity index is 1040. The summed E-state index contributed by atoms with van der Waals surface area (Å²) in [6, 6.07) is 16.1. The minimum Gasteiger partial charge on any atom is -0.481 e. The van der Waals surface area contributed by atoms with Crippen molar-refractivity contribution >= 4 is 18.0 Å². The highest BCUT2D eigenvalue weighted by Crippen LogP contribution is 2.44. The number of carboxylic acid groups (broad SMARTS) is 1. The summed E-state index contributed by atoms with van der Waals surface area (Å²) < 4.78 is 5.66. The first kappa shape index (κ1) is 24.8. The lowest BCUT2D eigenvalue weighted by molar-refractivity contribution is -0.138. The number of amides is 2. The standard InChI is InChI=1S/C28H34N2O5/c1-3-8-20(14-26(31)30-15-18(2)19(16-30)13-27(32)33)29-28(34)35-17-25-23-11-6-4-9-21(23)22-10-5-7-12-24(22)25/h4-7,9-12,18-20,25H,3,8,13-17H2,1-2H3,(H,29,34)(H,32,33)/t18-,19-,20+/m1/s1. The van der Waals surface area contributed by atoms with Crippen molar-refractivity contribution in [2.75, 3.05) is 19.7 Å². The molecule has 0 saturated carbocycles. The van der Waals surface area contributed by atoms with Gasteiger partial charge in [-0.25, -0.2) is 4.79 Å². The van der Waals surface area contributed by atoms with Gasteiger partial charge < -0.3 is 20.1 Å². The molecule has 2 aromatic rings. The van der Waals surface area contributed by atoms with E-state index in [-0.39, 0.29) is 49.2 Å². The lowest BCUT2D eigenvalue weighted by atomic mass is 9.95. The second-order valence-electron chi connectivity index (χ2n) is 9.79. The minimum atomic E-state index is -0.836. The quantitative estimate of drug-likeness (QED) is 0.547. The molecular formula is C28H34N2O5. The number of alkyl carbamates (subject to hydrolysis) is 1. The molecule has 0 spiro atoms. The summed E-state index contributed by atoms with van der Waals surface area (Å²) in [7, 11) is 0. The first-order valence-corrected chi connectivity index (χ1v) is 12.5. The lowest BCUT2D eigenvalue weighted by Gasteiger charge is -2.22. The number of fused-ring (bicyclic) bond motifs is 3. The van der Waals surface area contributed by atoms with E-state index in [9.17, 15) is 14.4 Å². The third-order valence-electron chi connectivity index (χ3n) is 7.28. The number of aliphatic carboxylic acids is 1. The van der Waals surface area contributed by atoms with Crippen molar-refractivity contribution in [3.63, 3.8) is 0 Å². The fraction of sp³-hybridized carbons (Fsp3) is 0.464. The largest absolute Gasteiger partial charge is 0.481 e. The van der Waals surface area contributed by atoms with Crippen LogP contribution in [0.2, 0.25) is 0 Å². The Kier molecular flexibility index (Phi) is 7.73. The van der Waals surface area contributed by atoms with Crippen LogP contribution in [0.1, 0.15) is 56.6 Å². The maximum atomic E-state index is 12.9. The number of carbonyl (C=O) groups is 3. The maximum Gasteiger partial charge on any atom is 0.407 e. The van der Waals surface area contributed by atoms with E-state index in [1.165, 1.54) is 11.1 Å². The number of likely N-dealkylation sites (tertiary alicyclic amines) is 1. The molecule has 7 nitrogen and oxygen atoms in total. The van der Waals surface area contributed by atoms with Gasteiger partial charge in [-0.15, -0.1) is 0 Å². The van der Waals surface area contributed by atoms with Crippen LogP contribution in [0.25, 0.3) is 11.1 Å². The Hall–Kier alpha value is -3.35. The van der Waals surface area contributed by atoms with Gasteiger partial charge in [-0.05, 0) is 40.5 Å². The highest BCUT2D eigenvalue weighted by molar-refractivity contribution is 5.80. The predicted molar refractivity (Wildman–Crippen MR) is 133 cm³/mol. The van der Waals surface area contributed by atoms with Crippen molar-refractivity contribution in [3.8, 4) is 11.1 Å². The Labute approximate surface area is 206 Å². The molecule has 1 heterocycles. The molecule has 1 saturated heterocycles. The molecule has 1 aliphatic heterocycles. The summed E-state index contributed by atoms with van der Waals surface area (Å²) in [5, 5.41) is 12.0. The van der Waals surface area contributed by atoms with Crippen LogP contribution in [0.3, 0.4) is 0 Å². The Morgan fingerprint density at radius 3 is 2.29 bits per heavy atom. The van der Waals surface area contributed by atoms with E-state index in [0.717, 1.165) is 17.5 Å². The summed E-state index contributed by atoms with van der Waals surface area (Å²) in [5.74, 6) is -0.790. The molecule has 186 valence electrons. The van der Waals surface area contributed by atoms with E-state index in [4.69, 9.17) is 9.84 Å². The summed E-state index contributed by atoms with van der Waals surface area (Å²) in [5.41, 5.74) is 4.65. The third kappa shape index (κ3) is 5.66. The Morgan fingerprint density at radius 1 is 1.06 bits per heavy atom. The van der Waals surface area contributed by atoms with Crippen LogP contribution in [0.4, 0.5) is 4.79 Å². The van der Waals surface area contributed by atoms with Gasteiger partial charge in [-0.2, -0.15) is 0 Å². The normalized spacial score (nSPS) is 19.7. The number of ether oxygens (including phenoxy) is 1. The number of benzene rings is 2. The molecule has 2 aliphatic rings. The SMILES string of the molecule is CCC[C@@H](CC(=O)N1C[C@@H](CC(=O)O)[C@H](C)C1)NC(=O)OCC1c2ccccc2-c2ccccc21. The number of nitrogens with zero attached hydrogens (tertiary/aromatic N) is 1. The molecule has 1 fully saturated rings. The van der Waals surface area contributed by atoms with Gasteiger partial charge in [0, 0.05) is 31.5 Å². The first-order chi connectivity index (χ1) is 16.9. The smallest absolute Gasteiger partial charge is 0.407 e. The number of carboxylic acids is 1. The van der Waals surface area contributed by atoms with E-state index < -0.39 is 12.1 Å². The van der Waals surface area contributed by atoms with Crippen LogP contribution in [-0.4, -0.2) is 53.7 Å². The van der Waals surface area contributed by atoms with Gasteiger partial charge in [0.1, 0.15) is 6.61 Å². The molecule has 2 amide bonds. The van der Waals surface area contributed by atoms with E-state index in [0.29, 0.717) is 19.5 Å². The van der Waals surface area contributed by atoms with Crippen LogP contribution < -0.4 is 5.32 Å². The predicted octanol–water partition coefficient (Wildman–Crippen LogP) is 4.65. The molecular weight excluding hydrogens is 444 g/mol. The number of rotatable bonds is 9. The lowest BCUT2D eigenvalue weighted by Crippen LogP contribution is -2.40. The highest BCUT2D eigenvalue weighted by atomic mass is 16.5. The summed E-state index contributed by atoms with van der Waals surface area (Å²) in [4.78, 5) is 38.5. The molecule has 0 unspecified atom stereocenters. The molecule has 0 bridgehead atoms. The maximum absolute atomic E-state index is 12.9. The number of nitrogens with one attached hydrogen (secondary N) is 1. The van der Waals surface area contributed by atoms with E-state index in [1.807, 2.05) is 38.1 Å². The highest BCUT2D eigenvalue weighted by Gasteiger charge is 2.34. The van der Waals surface area contributed by atoms with E-state index in [2.05, 4.69) is 29.6 Å². The van der Waals surface area contributed by atoms with Crippen molar-refractivity contribution < 1.29 is 24.2 Å². The average molecular weight is 479 g/mol. The molecule has 7 heteroatoms. The third-order valence-corrected chi connectivity index (χ3v) is 7.28. The van der Waals surface area contributed by atoms with Crippen molar-refractivity contribution in [3.05, 3.63) is 59.7 Å². The van der Waals surface area contributed by atoms with E-state index >= 15 is 0 Å². The zero-order chi connectivity index (χ0) is 24.9. The Balaban J connectivity index is 1.33. The number of carbonyl (C=O) groups excluding carboxylic acids is 2. The molecule has 4 rings (SSSR count). The summed E-state index contributed by atoms with van der Waals surface area (Å²) in [6.07, 6.45) is 1.22. The first-order valence-electron chi connectivity index (χ1n) is 12.5. The summed E-state index contributed by atoms with van der Waals surface area (Å²) >= 11 is 0. The molecule has 3 atom stereocenters. The second-order valence-corrected chi connectivity index (χ2v) is 9.79. The van der Waals surface area contributed by atoms with Crippen molar-refractivity contribution in [2.24, 2.45) is 11.8 Å². The monoisotopic (exact) mass is 478 g/mol. The van der Waals surface area contributed by atoms with Crippen molar-refractivity contribution in [1.29, 1.82) is 0 Å². The Morgan fingerprint density at radius 2 is 1.69 bits per heavy atom. The summed E-state index contributed by atoms with van der Waals surface area (Å²) in [6.45, 7) is 5.24. The molecule has 35 heavy (non-hydrogen) atoms. The minimum absolute atomic E-state index is 0.0170. The van der Waals surface area contributed by atoms with Crippen LogP contribution in [0, 0.1) is 11.8 Å². The number of hydrogen-bond acceptors (Lipinski definition) is 4. The second kappa shape index (κ2) is 10.9. The number of hydrogen-bond donors (Lipinski definition) is 2. The van der Waals surface area contributed by atoms with Gasteiger partial charge in [0.05, 0.1) is 6.42 Å². The molecule has 2 N–H and O–H groups in total. The van der Waals surface area contributed by atoms with Gasteiger partial charge >= 0.3 is 12.1 Å². The molecule has 0 radical (unpaired) electrons. The van der Waals surface area contributed by atoms with Crippen LogP contribution in [0.5, 0.6) is 0 Å². The van der Waals surface area contributed by atoms with Gasteiger partial charge in [0.2, 0.25) is 5.91 Å². The fourth-order valence-corrected chi connectivity index (χ4v) is 5.45. The van der Waals surface area contributed by atoms with Crippen molar-refractivity contribution in [2.45, 2.75) is 51.5 Å². The van der Waals surface area contributed by atoms with Gasteiger partial charge in [-0.1, -0.05) is 68.8 Å². The van der Waals surface area contributed by atoms with Crippen LogP contribution >= 0.6 is 0 Å². The van der Waals surface area contributed by atoms with Crippen molar-refractivity contribution in [1.82, 2.24) is 10.2 Å². The molecule has 2 aromatic carbocycles. The van der Waals surface area contributed by atoms with Crippen LogP contribution in [0.15, 0.2) is 48.5 Å². The van der Waals surface area contributed by atoms with Gasteiger partial charge in [-0.3, -0.25) is 9.59 Å². The van der Waals surface area contributed by atoms with Crippen LogP contribution in [-0.2, 0) is 14.3 Å². The topological polar surface area (TPSA) is 95.9 Å². The zero-order valence-corrected chi connectivity index (χ0v) is 20.4.